The van der Waals surface area contributed by atoms with Crippen LogP contribution in [-0.2, 0) is 6.61 Å². The Bertz CT molecular complexity index is 1230. The van der Waals surface area contributed by atoms with E-state index in [1.165, 1.54) is 0 Å². The predicted molar refractivity (Wildman–Crippen MR) is 134 cm³/mol. The number of rotatable bonds is 10. The standard InChI is InChI=1S/C27H31N5O2/c28-26-25-24(21-7-4-8-23(17-21)34-18-19-5-2-1-3-6-19)31-27(32(25)13-11-30-26)22-15-20(16-22)9-10-29-12-14-33/h1-8,11,13,17,20,22,29,33H,9-10,12,14-16,18H2,(H2,28,30). The van der Waals surface area contributed by atoms with Crippen LogP contribution >= 0.6 is 0 Å². The molecule has 34 heavy (non-hydrogen) atoms. The lowest BCUT2D eigenvalue weighted by molar-refractivity contribution is 0.232. The molecule has 0 spiro atoms. The van der Waals surface area contributed by atoms with Crippen molar-refractivity contribution in [1.29, 1.82) is 0 Å². The van der Waals surface area contributed by atoms with Gasteiger partial charge < -0.3 is 20.9 Å². The van der Waals surface area contributed by atoms with Gasteiger partial charge in [-0.3, -0.25) is 4.40 Å². The molecule has 4 N–H and O–H groups in total. The van der Waals surface area contributed by atoms with Crippen LogP contribution in [0.4, 0.5) is 5.82 Å². The van der Waals surface area contributed by atoms with Crippen LogP contribution in [0.15, 0.2) is 67.0 Å². The summed E-state index contributed by atoms with van der Waals surface area (Å²) in [6, 6.07) is 18.2. The average Bonchev–Trinajstić information content (AvgIpc) is 3.23. The Morgan fingerprint density at radius 3 is 2.76 bits per heavy atom. The molecule has 7 heteroatoms. The van der Waals surface area contributed by atoms with Crippen molar-refractivity contribution in [1.82, 2.24) is 19.7 Å². The van der Waals surface area contributed by atoms with Crippen LogP contribution in [0.2, 0.25) is 0 Å². The zero-order chi connectivity index (χ0) is 23.3. The number of aliphatic hydroxyl groups excluding tert-OH is 1. The Labute approximate surface area is 199 Å². The van der Waals surface area contributed by atoms with Gasteiger partial charge in [0.25, 0.3) is 0 Å². The number of aliphatic hydroxyl groups is 1. The third-order valence-electron chi connectivity index (χ3n) is 6.58. The van der Waals surface area contributed by atoms with Crippen LogP contribution in [-0.4, -0.2) is 39.2 Å². The zero-order valence-corrected chi connectivity index (χ0v) is 19.2. The molecule has 176 valence electrons. The molecule has 0 atom stereocenters. The topological polar surface area (TPSA) is 97.7 Å². The number of ether oxygens (including phenoxy) is 1. The maximum Gasteiger partial charge on any atom is 0.150 e. The number of hydrogen-bond acceptors (Lipinski definition) is 6. The number of aromatic nitrogens is 3. The van der Waals surface area contributed by atoms with E-state index in [4.69, 9.17) is 20.6 Å². The first-order chi connectivity index (χ1) is 16.7. The summed E-state index contributed by atoms with van der Waals surface area (Å²) in [5, 5.41) is 12.2. The first-order valence-corrected chi connectivity index (χ1v) is 11.9. The van der Waals surface area contributed by atoms with Crippen LogP contribution < -0.4 is 15.8 Å². The summed E-state index contributed by atoms with van der Waals surface area (Å²) in [6.07, 6.45) is 7.05. The van der Waals surface area contributed by atoms with E-state index in [9.17, 15) is 0 Å². The van der Waals surface area contributed by atoms with Crippen LogP contribution in [0.25, 0.3) is 16.8 Å². The maximum absolute atomic E-state index is 8.92. The largest absolute Gasteiger partial charge is 0.489 e. The summed E-state index contributed by atoms with van der Waals surface area (Å²) < 4.78 is 8.16. The summed E-state index contributed by atoms with van der Waals surface area (Å²) in [5.74, 6) is 3.42. The highest BCUT2D eigenvalue weighted by atomic mass is 16.5. The van der Waals surface area contributed by atoms with Gasteiger partial charge in [-0.15, -0.1) is 0 Å². The predicted octanol–water partition coefficient (Wildman–Crippen LogP) is 4.02. The molecule has 0 bridgehead atoms. The van der Waals surface area contributed by atoms with Crippen LogP contribution in [0.3, 0.4) is 0 Å². The zero-order valence-electron chi connectivity index (χ0n) is 19.2. The molecule has 1 fully saturated rings. The normalized spacial score (nSPS) is 17.6. The van der Waals surface area contributed by atoms with Gasteiger partial charge in [-0.05, 0) is 49.4 Å². The molecule has 7 nitrogen and oxygen atoms in total. The molecule has 1 aliphatic carbocycles. The fourth-order valence-electron chi connectivity index (χ4n) is 4.74. The van der Waals surface area contributed by atoms with Gasteiger partial charge in [0.05, 0.1) is 6.61 Å². The molecular formula is C27H31N5O2. The molecule has 1 saturated carbocycles. The summed E-state index contributed by atoms with van der Waals surface area (Å²) >= 11 is 0. The number of benzene rings is 2. The minimum absolute atomic E-state index is 0.185. The molecular weight excluding hydrogens is 426 g/mol. The lowest BCUT2D eigenvalue weighted by atomic mass is 9.73. The van der Waals surface area contributed by atoms with Gasteiger partial charge >= 0.3 is 0 Å². The lowest BCUT2D eigenvalue weighted by Gasteiger charge is -2.34. The summed E-state index contributed by atoms with van der Waals surface area (Å²) in [6.45, 7) is 2.30. The van der Waals surface area contributed by atoms with E-state index in [1.807, 2.05) is 48.7 Å². The van der Waals surface area contributed by atoms with E-state index in [2.05, 4.69) is 26.8 Å². The minimum atomic E-state index is 0.185. The molecule has 5 rings (SSSR count). The Hall–Kier alpha value is -3.42. The second-order valence-corrected chi connectivity index (χ2v) is 8.95. The summed E-state index contributed by atoms with van der Waals surface area (Å²) in [4.78, 5) is 9.42. The first-order valence-electron chi connectivity index (χ1n) is 11.9. The van der Waals surface area contributed by atoms with Crippen molar-refractivity contribution >= 4 is 11.3 Å². The molecule has 0 saturated heterocycles. The van der Waals surface area contributed by atoms with Gasteiger partial charge in [0.15, 0.2) is 0 Å². The number of imidazole rings is 1. The third kappa shape index (κ3) is 4.76. The fourth-order valence-corrected chi connectivity index (χ4v) is 4.74. The quantitative estimate of drug-likeness (QED) is 0.311. The van der Waals surface area contributed by atoms with Gasteiger partial charge in [-0.25, -0.2) is 9.97 Å². The monoisotopic (exact) mass is 457 g/mol. The number of nitrogens with two attached hydrogens (primary N) is 1. The SMILES string of the molecule is Nc1nccn2c(C3CC(CCNCCO)C3)nc(-c3cccc(OCc4ccccc4)c3)c12. The highest BCUT2D eigenvalue weighted by Crippen LogP contribution is 2.44. The van der Waals surface area contributed by atoms with E-state index in [1.54, 1.807) is 6.20 Å². The van der Waals surface area contributed by atoms with E-state index >= 15 is 0 Å². The number of hydrogen-bond donors (Lipinski definition) is 3. The summed E-state index contributed by atoms with van der Waals surface area (Å²) in [7, 11) is 0. The Kier molecular flexibility index (Phi) is 6.74. The number of anilines is 1. The Morgan fingerprint density at radius 2 is 1.94 bits per heavy atom. The van der Waals surface area contributed by atoms with Crippen LogP contribution in [0, 0.1) is 5.92 Å². The van der Waals surface area contributed by atoms with Crippen LogP contribution in [0.5, 0.6) is 5.75 Å². The highest BCUT2D eigenvalue weighted by Gasteiger charge is 2.34. The van der Waals surface area contributed by atoms with Crippen molar-refractivity contribution in [3.63, 3.8) is 0 Å². The lowest BCUT2D eigenvalue weighted by Crippen LogP contribution is -2.28. The van der Waals surface area contributed by atoms with Crippen LogP contribution in [0.1, 0.15) is 36.6 Å². The second-order valence-electron chi connectivity index (χ2n) is 8.95. The van der Waals surface area contributed by atoms with Gasteiger partial charge in [-0.2, -0.15) is 0 Å². The average molecular weight is 458 g/mol. The van der Waals surface area contributed by atoms with Crippen molar-refractivity contribution in [3.8, 4) is 17.0 Å². The minimum Gasteiger partial charge on any atom is -0.489 e. The van der Waals surface area contributed by atoms with Crippen molar-refractivity contribution in [3.05, 3.63) is 78.4 Å². The number of nitrogens with zero attached hydrogens (tertiary/aromatic N) is 3. The van der Waals surface area contributed by atoms with Crippen molar-refractivity contribution in [2.45, 2.75) is 31.8 Å². The smallest absolute Gasteiger partial charge is 0.150 e. The maximum atomic E-state index is 8.92. The van der Waals surface area contributed by atoms with Gasteiger partial charge in [0.1, 0.15) is 35.2 Å². The molecule has 0 unspecified atom stereocenters. The molecule has 0 aliphatic heterocycles. The molecule has 1 aliphatic rings. The van der Waals surface area contributed by atoms with Gasteiger partial charge in [-0.1, -0.05) is 42.5 Å². The highest BCUT2D eigenvalue weighted by molar-refractivity contribution is 5.85. The fraction of sp³-hybridized carbons (Fsp3) is 0.333. The first kappa shape index (κ1) is 22.4. The van der Waals surface area contributed by atoms with E-state index in [0.29, 0.717) is 30.8 Å². The number of nitrogens with one attached hydrogen (secondary N) is 1. The third-order valence-corrected chi connectivity index (χ3v) is 6.58. The molecule has 4 aromatic rings. The van der Waals surface area contributed by atoms with E-state index in [0.717, 1.165) is 59.7 Å². The number of nitrogen functional groups attached to an aromatic ring is 1. The molecule has 0 amide bonds. The van der Waals surface area contributed by atoms with Crippen molar-refractivity contribution in [2.75, 3.05) is 25.4 Å². The van der Waals surface area contributed by atoms with Crippen molar-refractivity contribution < 1.29 is 9.84 Å². The second kappa shape index (κ2) is 10.2. The molecule has 2 aromatic carbocycles. The Morgan fingerprint density at radius 1 is 1.09 bits per heavy atom. The number of fused-ring (bicyclic) bond motifs is 1. The van der Waals surface area contributed by atoms with Gasteiger partial charge in [0, 0.05) is 30.4 Å². The molecule has 2 aromatic heterocycles. The Balaban J connectivity index is 1.36. The summed E-state index contributed by atoms with van der Waals surface area (Å²) in [5.41, 5.74) is 10.1. The van der Waals surface area contributed by atoms with Crippen molar-refractivity contribution in [2.24, 2.45) is 5.92 Å². The molecule has 2 heterocycles. The van der Waals surface area contributed by atoms with E-state index in [-0.39, 0.29) is 6.61 Å². The van der Waals surface area contributed by atoms with Gasteiger partial charge in [0.2, 0.25) is 0 Å². The molecule has 0 radical (unpaired) electrons. The van der Waals surface area contributed by atoms with E-state index < -0.39 is 0 Å².